The molecule has 2 N–H and O–H groups in total. The van der Waals surface area contributed by atoms with Gasteiger partial charge in [-0.2, -0.15) is 0 Å². The van der Waals surface area contributed by atoms with Gasteiger partial charge in [0.25, 0.3) is 0 Å². The second-order valence-corrected chi connectivity index (χ2v) is 11.2. The minimum Gasteiger partial charge on any atom is -0.460 e. The first-order valence-electron chi connectivity index (χ1n) is 13.1. The van der Waals surface area contributed by atoms with E-state index in [-0.39, 0.29) is 29.7 Å². The molecule has 3 aliphatic rings. The highest BCUT2D eigenvalue weighted by Gasteiger charge is 2.31. The van der Waals surface area contributed by atoms with Crippen molar-refractivity contribution in [3.63, 3.8) is 0 Å². The van der Waals surface area contributed by atoms with E-state index in [1.807, 2.05) is 32.9 Å². The molecule has 8 nitrogen and oxygen atoms in total. The maximum atomic E-state index is 12.3. The van der Waals surface area contributed by atoms with Crippen LogP contribution in [-0.2, 0) is 19.1 Å². The van der Waals surface area contributed by atoms with Crippen molar-refractivity contribution < 1.29 is 19.1 Å². The van der Waals surface area contributed by atoms with Crippen LogP contribution in [0.15, 0.2) is 24.3 Å². The highest BCUT2D eigenvalue weighted by Crippen LogP contribution is 2.28. The van der Waals surface area contributed by atoms with Gasteiger partial charge in [0.1, 0.15) is 11.6 Å². The second-order valence-electron chi connectivity index (χ2n) is 11.2. The van der Waals surface area contributed by atoms with E-state index in [1.54, 1.807) is 0 Å². The number of benzene rings is 1. The first kappa shape index (κ1) is 25.5. The number of carbonyl (C=O) groups is 3. The lowest BCUT2D eigenvalue weighted by molar-refractivity contribution is -0.161. The number of carbonyl (C=O) groups excluding carboxylic acids is 3. The molecule has 0 bridgehead atoms. The Kier molecular flexibility index (Phi) is 7.99. The number of likely N-dealkylation sites (tertiary alicyclic amines) is 1. The van der Waals surface area contributed by atoms with E-state index in [9.17, 15) is 14.4 Å². The Balaban J connectivity index is 1.18. The van der Waals surface area contributed by atoms with E-state index in [1.165, 1.54) is 18.5 Å². The van der Waals surface area contributed by atoms with Gasteiger partial charge in [-0.05, 0) is 96.1 Å². The fraction of sp³-hybridized carbons (Fsp3) is 0.667. The summed E-state index contributed by atoms with van der Waals surface area (Å²) in [6.45, 7) is 10.9. The number of imide groups is 1. The fourth-order valence-corrected chi connectivity index (χ4v) is 5.28. The van der Waals surface area contributed by atoms with Crippen molar-refractivity contribution in [2.45, 2.75) is 70.9 Å². The Labute approximate surface area is 208 Å². The molecule has 4 rings (SSSR count). The summed E-state index contributed by atoms with van der Waals surface area (Å²) in [5, 5.41) is 5.63. The molecule has 35 heavy (non-hydrogen) atoms. The minimum absolute atomic E-state index is 0.0382. The number of piperidine rings is 3. The molecule has 2 amide bonds. The molecule has 8 heteroatoms. The van der Waals surface area contributed by atoms with E-state index < -0.39 is 5.60 Å². The summed E-state index contributed by atoms with van der Waals surface area (Å²) in [4.78, 5) is 40.6. The largest absolute Gasteiger partial charge is 0.460 e. The van der Waals surface area contributed by atoms with Gasteiger partial charge in [0, 0.05) is 37.4 Å². The number of hydrogen-bond acceptors (Lipinski definition) is 7. The summed E-state index contributed by atoms with van der Waals surface area (Å²) < 4.78 is 5.57. The van der Waals surface area contributed by atoms with Crippen molar-refractivity contribution in [1.82, 2.24) is 10.2 Å². The summed E-state index contributed by atoms with van der Waals surface area (Å²) >= 11 is 0. The van der Waals surface area contributed by atoms with Crippen molar-refractivity contribution in [3.8, 4) is 0 Å². The van der Waals surface area contributed by atoms with E-state index in [4.69, 9.17) is 4.74 Å². The molecule has 1 atom stereocenters. The van der Waals surface area contributed by atoms with Gasteiger partial charge in [-0.3, -0.25) is 19.7 Å². The molecular formula is C27H40N4O4. The number of rotatable bonds is 6. The molecule has 0 saturated carbocycles. The van der Waals surface area contributed by atoms with E-state index in [0.29, 0.717) is 18.8 Å². The molecule has 3 heterocycles. The van der Waals surface area contributed by atoms with Crippen molar-refractivity contribution in [2.75, 3.05) is 42.9 Å². The summed E-state index contributed by atoms with van der Waals surface area (Å²) in [6, 6.07) is 7.88. The maximum absolute atomic E-state index is 12.3. The molecule has 1 aromatic carbocycles. The summed E-state index contributed by atoms with van der Waals surface area (Å²) in [6.07, 6.45) is 5.03. The monoisotopic (exact) mass is 484 g/mol. The molecule has 3 aliphatic heterocycles. The number of ether oxygens (including phenoxy) is 1. The lowest BCUT2D eigenvalue weighted by Gasteiger charge is -2.38. The topological polar surface area (TPSA) is 91.0 Å². The predicted molar refractivity (Wildman–Crippen MR) is 136 cm³/mol. The van der Waals surface area contributed by atoms with Crippen LogP contribution in [0.3, 0.4) is 0 Å². The van der Waals surface area contributed by atoms with Gasteiger partial charge in [0.2, 0.25) is 11.8 Å². The van der Waals surface area contributed by atoms with Crippen LogP contribution in [0.4, 0.5) is 11.4 Å². The lowest BCUT2D eigenvalue weighted by Crippen LogP contribution is -2.47. The van der Waals surface area contributed by atoms with Gasteiger partial charge in [0.15, 0.2) is 0 Å². The van der Waals surface area contributed by atoms with Gasteiger partial charge >= 0.3 is 5.97 Å². The van der Waals surface area contributed by atoms with Crippen LogP contribution in [0.25, 0.3) is 0 Å². The smallest absolute Gasteiger partial charge is 0.309 e. The molecule has 0 spiro atoms. The van der Waals surface area contributed by atoms with E-state index >= 15 is 0 Å². The van der Waals surface area contributed by atoms with Crippen molar-refractivity contribution in [1.29, 1.82) is 0 Å². The number of anilines is 2. The molecule has 192 valence electrons. The number of esters is 1. The zero-order chi connectivity index (χ0) is 25.0. The summed E-state index contributed by atoms with van der Waals surface area (Å²) in [7, 11) is 0. The Morgan fingerprint density at radius 3 is 2.26 bits per heavy atom. The summed E-state index contributed by atoms with van der Waals surface area (Å²) in [5.41, 5.74) is 1.69. The van der Waals surface area contributed by atoms with Crippen LogP contribution in [0.1, 0.15) is 59.3 Å². The lowest BCUT2D eigenvalue weighted by atomic mass is 9.92. The maximum Gasteiger partial charge on any atom is 0.309 e. The van der Waals surface area contributed by atoms with Crippen molar-refractivity contribution in [3.05, 3.63) is 24.3 Å². The molecule has 1 unspecified atom stereocenters. The van der Waals surface area contributed by atoms with Crippen LogP contribution in [0.5, 0.6) is 0 Å². The zero-order valence-corrected chi connectivity index (χ0v) is 21.3. The number of amides is 2. The second kappa shape index (κ2) is 11.0. The highest BCUT2D eigenvalue weighted by molar-refractivity contribution is 6.01. The molecule has 0 aromatic heterocycles. The van der Waals surface area contributed by atoms with E-state index in [0.717, 1.165) is 51.3 Å². The van der Waals surface area contributed by atoms with Crippen LogP contribution in [-0.4, -0.2) is 67.1 Å². The Hall–Kier alpha value is -2.61. The third kappa shape index (κ3) is 7.19. The summed E-state index contributed by atoms with van der Waals surface area (Å²) in [5.74, 6) is 0.250. The van der Waals surface area contributed by atoms with Crippen LogP contribution in [0, 0.1) is 11.8 Å². The van der Waals surface area contributed by atoms with Crippen LogP contribution in [0.2, 0.25) is 0 Å². The van der Waals surface area contributed by atoms with E-state index in [2.05, 4.69) is 32.6 Å². The SMILES string of the molecule is CC(C)(C)OC(=O)C1CCN(CC2CCN(c3ccc(NC4CCC(=O)NC4=O)cc3)CC2)CC1. The van der Waals surface area contributed by atoms with Gasteiger partial charge in [-0.25, -0.2) is 0 Å². The number of hydrogen-bond donors (Lipinski definition) is 2. The first-order chi connectivity index (χ1) is 16.7. The molecular weight excluding hydrogens is 444 g/mol. The molecule has 0 radical (unpaired) electrons. The van der Waals surface area contributed by atoms with Gasteiger partial charge < -0.3 is 19.9 Å². The fourth-order valence-electron chi connectivity index (χ4n) is 5.28. The molecule has 1 aromatic rings. The quantitative estimate of drug-likeness (QED) is 0.473. The standard InChI is InChI=1S/C27H40N4O4/c1-27(2,3)35-26(34)20-12-14-30(15-13-20)18-19-10-16-31(17-11-19)22-6-4-21(5-7-22)28-23-8-9-24(32)29-25(23)33/h4-7,19-20,23,28H,8-18H2,1-3H3,(H,29,32,33). The Morgan fingerprint density at radius 2 is 1.66 bits per heavy atom. The molecule has 3 fully saturated rings. The molecule has 3 saturated heterocycles. The minimum atomic E-state index is -0.410. The predicted octanol–water partition coefficient (Wildman–Crippen LogP) is 3.17. The normalized spacial score (nSPS) is 23.2. The number of nitrogens with zero attached hydrogens (tertiary/aromatic N) is 2. The van der Waals surface area contributed by atoms with Crippen molar-refractivity contribution in [2.24, 2.45) is 11.8 Å². The van der Waals surface area contributed by atoms with Crippen LogP contribution >= 0.6 is 0 Å². The van der Waals surface area contributed by atoms with Crippen LogP contribution < -0.4 is 15.5 Å². The average Bonchev–Trinajstić information content (AvgIpc) is 2.81. The average molecular weight is 485 g/mol. The zero-order valence-electron chi connectivity index (χ0n) is 21.3. The van der Waals surface area contributed by atoms with Crippen molar-refractivity contribution >= 4 is 29.2 Å². The Bertz CT molecular complexity index is 895. The number of nitrogens with one attached hydrogen (secondary N) is 2. The third-order valence-corrected chi connectivity index (χ3v) is 7.27. The molecule has 0 aliphatic carbocycles. The van der Waals surface area contributed by atoms with Gasteiger partial charge in [0.05, 0.1) is 5.92 Å². The third-order valence-electron chi connectivity index (χ3n) is 7.27. The Morgan fingerprint density at radius 1 is 1.00 bits per heavy atom. The highest BCUT2D eigenvalue weighted by atomic mass is 16.6. The first-order valence-corrected chi connectivity index (χ1v) is 13.1. The van der Waals surface area contributed by atoms with Gasteiger partial charge in [-0.15, -0.1) is 0 Å². The van der Waals surface area contributed by atoms with Gasteiger partial charge in [-0.1, -0.05) is 0 Å².